The van der Waals surface area contributed by atoms with Crippen LogP contribution in [0.2, 0.25) is 0 Å². The molecule has 0 spiro atoms. The Morgan fingerprint density at radius 1 is 1.25 bits per heavy atom. The molecule has 3 radical (unpaired) electrons. The molecule has 1 N–H and O–H groups in total. The number of rotatable bonds is 1. The predicted octanol–water partition coefficient (Wildman–Crippen LogP) is -4.76. The van der Waals surface area contributed by atoms with Crippen molar-refractivity contribution in [2.75, 3.05) is 0 Å². The summed E-state index contributed by atoms with van der Waals surface area (Å²) in [7, 11) is 0. The van der Waals surface area contributed by atoms with E-state index in [2.05, 4.69) is 0 Å². The van der Waals surface area contributed by atoms with Gasteiger partial charge in [-0.2, -0.15) is 0 Å². The van der Waals surface area contributed by atoms with Crippen LogP contribution >= 0.6 is 0 Å². The van der Waals surface area contributed by atoms with E-state index in [1.54, 1.807) is 30.3 Å². The van der Waals surface area contributed by atoms with Crippen LogP contribution in [0.1, 0.15) is 13.2 Å². The van der Waals surface area contributed by atoms with Gasteiger partial charge in [-0.05, 0) is 12.1 Å². The Bertz CT molecular complexity index is 226. The van der Waals surface area contributed by atoms with Gasteiger partial charge in [0.25, 0.3) is 0 Å². The normalized spacial score (nSPS) is 6.67. The molecule has 0 aliphatic carbocycles. The van der Waals surface area contributed by atoms with Crippen molar-refractivity contribution in [2.45, 2.75) is 0 Å². The summed E-state index contributed by atoms with van der Waals surface area (Å²) in [5, 5.41) is 8.38. The summed E-state index contributed by atoms with van der Waals surface area (Å²) in [6.45, 7) is 0. The van der Waals surface area contributed by atoms with Gasteiger partial charge in [0.15, 0.2) is 0 Å². The van der Waals surface area contributed by atoms with Gasteiger partial charge in [-0.15, -0.1) is 0 Å². The fourth-order valence-corrected chi connectivity index (χ4v) is 0.581. The zero-order chi connectivity index (χ0) is 6.69. The quantitative estimate of drug-likeness (QED) is 0.522. The summed E-state index contributed by atoms with van der Waals surface area (Å²) < 4.78 is 0. The van der Waals surface area contributed by atoms with Crippen LogP contribution in [0.25, 0.3) is 0 Å². The molecule has 53 valence electrons. The predicted molar refractivity (Wildman–Crippen MR) is 41.4 cm³/mol. The second kappa shape index (κ2) is 10.5. The largest absolute Gasteiger partial charge is 1.00 e. The molecule has 0 bridgehead atoms. The van der Waals surface area contributed by atoms with Crippen LogP contribution in [0.15, 0.2) is 30.3 Å². The third kappa shape index (κ3) is 6.87. The molecule has 0 saturated heterocycles. The van der Waals surface area contributed by atoms with E-state index in [0.717, 1.165) is 0 Å². The van der Waals surface area contributed by atoms with Gasteiger partial charge in [0.1, 0.15) is 0 Å². The van der Waals surface area contributed by atoms with Crippen molar-refractivity contribution in [1.29, 1.82) is 0 Å². The first kappa shape index (κ1) is 19.1. The average molecular weight is 275 g/mol. The summed E-state index contributed by atoms with van der Waals surface area (Å²) in [5.41, 5.74) is 0.331. The molecule has 0 unspecified atom stereocenters. The Labute approximate surface area is 148 Å². The SMILES string of the molecule is O=C(O)c1ccccc1.[B].[Cs+].[H-].[H-].[Li+]. The van der Waals surface area contributed by atoms with Gasteiger partial charge in [-0.25, -0.2) is 4.79 Å². The van der Waals surface area contributed by atoms with Crippen LogP contribution < -0.4 is 87.8 Å². The molecule has 0 amide bonds. The van der Waals surface area contributed by atoms with Crippen LogP contribution in [-0.4, -0.2) is 19.5 Å². The zero-order valence-electron chi connectivity index (χ0n) is 9.32. The van der Waals surface area contributed by atoms with E-state index < -0.39 is 5.97 Å². The van der Waals surface area contributed by atoms with Gasteiger partial charge in [0.05, 0.1) is 5.56 Å². The van der Waals surface area contributed by atoms with E-state index in [1.807, 2.05) is 0 Å². The molecule has 0 atom stereocenters. The van der Waals surface area contributed by atoms with Crippen molar-refractivity contribution in [1.82, 2.24) is 0 Å². The second-order valence-corrected chi connectivity index (χ2v) is 1.67. The smallest absolute Gasteiger partial charge is 1.00 e. The Hall–Kier alpha value is 1.40. The monoisotopic (exact) mass is 275 g/mol. The molecule has 0 fully saturated rings. The minimum atomic E-state index is -0.879. The van der Waals surface area contributed by atoms with Crippen molar-refractivity contribution in [3.8, 4) is 0 Å². The number of carboxylic acid groups (broad SMARTS) is 1. The average Bonchev–Trinajstić information content (AvgIpc) is 1.90. The summed E-state index contributed by atoms with van der Waals surface area (Å²) >= 11 is 0. The maximum absolute atomic E-state index is 10.2. The van der Waals surface area contributed by atoms with E-state index in [1.165, 1.54) is 0 Å². The van der Waals surface area contributed by atoms with Crippen LogP contribution in [0.5, 0.6) is 0 Å². The van der Waals surface area contributed by atoms with E-state index in [0.29, 0.717) is 5.56 Å². The van der Waals surface area contributed by atoms with Gasteiger partial charge >= 0.3 is 93.7 Å². The topological polar surface area (TPSA) is 37.3 Å². The summed E-state index contributed by atoms with van der Waals surface area (Å²) in [4.78, 5) is 10.2. The number of aromatic carboxylic acids is 1. The molecule has 0 aliphatic heterocycles. The Morgan fingerprint density at radius 3 is 1.92 bits per heavy atom. The minimum Gasteiger partial charge on any atom is -1.00 e. The maximum atomic E-state index is 10.2. The number of carbonyl (C=O) groups is 1. The van der Waals surface area contributed by atoms with Gasteiger partial charge < -0.3 is 7.96 Å². The Balaban J connectivity index is -0.0000000540. The van der Waals surface area contributed by atoms with E-state index in [4.69, 9.17) is 5.11 Å². The molecule has 0 heterocycles. The molecular formula is C7H8BCsLiO2. The molecular weight excluding hydrogens is 267 g/mol. The summed E-state index contributed by atoms with van der Waals surface area (Å²) in [6, 6.07) is 8.30. The minimum absolute atomic E-state index is 0. The van der Waals surface area contributed by atoms with Crippen LogP contribution in [0.3, 0.4) is 0 Å². The second-order valence-electron chi connectivity index (χ2n) is 1.67. The maximum Gasteiger partial charge on any atom is 1.00 e. The van der Waals surface area contributed by atoms with E-state index in [9.17, 15) is 4.79 Å². The Morgan fingerprint density at radius 2 is 1.67 bits per heavy atom. The van der Waals surface area contributed by atoms with Crippen molar-refractivity contribution >= 4 is 14.4 Å². The van der Waals surface area contributed by atoms with Crippen molar-refractivity contribution in [3.63, 3.8) is 0 Å². The Kier molecular flexibility index (Phi) is 16.6. The van der Waals surface area contributed by atoms with Crippen molar-refractivity contribution in [2.24, 2.45) is 0 Å². The van der Waals surface area contributed by atoms with Gasteiger partial charge in [0.2, 0.25) is 0 Å². The number of hydrogen-bond donors (Lipinski definition) is 1. The molecule has 1 rings (SSSR count). The molecule has 2 nitrogen and oxygen atoms in total. The van der Waals surface area contributed by atoms with E-state index >= 15 is 0 Å². The molecule has 5 heteroatoms. The third-order valence-corrected chi connectivity index (χ3v) is 1.02. The molecule has 0 aromatic heterocycles. The van der Waals surface area contributed by atoms with Gasteiger partial charge in [-0.1, -0.05) is 18.2 Å². The number of benzene rings is 1. The third-order valence-electron chi connectivity index (χ3n) is 1.02. The summed E-state index contributed by atoms with van der Waals surface area (Å²) in [5.74, 6) is -0.879. The van der Waals surface area contributed by atoms with Gasteiger partial charge in [-0.3, -0.25) is 0 Å². The molecule has 12 heavy (non-hydrogen) atoms. The first-order valence-electron chi connectivity index (χ1n) is 2.59. The van der Waals surface area contributed by atoms with Crippen LogP contribution in [0.4, 0.5) is 0 Å². The molecule has 0 aliphatic rings. The molecule has 1 aromatic carbocycles. The van der Waals surface area contributed by atoms with E-state index in [-0.39, 0.29) is 99.0 Å². The first-order chi connectivity index (χ1) is 4.30. The first-order valence-corrected chi connectivity index (χ1v) is 2.59. The standard InChI is InChI=1S/C7H6O2.B.Cs.Li.2H/c8-7(9)6-4-2-1-3-5-6;;;;;/h1-5H,(H,8,9);;;;;/q;;2*+1;2*-1. The molecule has 0 saturated carbocycles. The number of hydrogen-bond acceptors (Lipinski definition) is 1. The van der Waals surface area contributed by atoms with Crippen LogP contribution in [-0.2, 0) is 0 Å². The summed E-state index contributed by atoms with van der Waals surface area (Å²) in [6.07, 6.45) is 0. The number of carboxylic acids is 1. The fourth-order valence-electron chi connectivity index (χ4n) is 0.581. The molecule has 1 aromatic rings. The van der Waals surface area contributed by atoms with Gasteiger partial charge in [0, 0.05) is 8.41 Å². The van der Waals surface area contributed by atoms with Crippen LogP contribution in [0, 0.1) is 0 Å². The van der Waals surface area contributed by atoms with Crippen molar-refractivity contribution in [3.05, 3.63) is 35.9 Å². The zero-order valence-corrected chi connectivity index (χ0v) is 13.6. The fraction of sp³-hybridized carbons (Fsp3) is 0. The van der Waals surface area contributed by atoms with Crippen molar-refractivity contribution < 1.29 is 101 Å².